The highest BCUT2D eigenvalue weighted by Gasteiger charge is 2.18. The third-order valence-corrected chi connectivity index (χ3v) is 6.18. The van der Waals surface area contributed by atoms with E-state index < -0.39 is 4.92 Å². The summed E-state index contributed by atoms with van der Waals surface area (Å²) < 4.78 is 18.4. The predicted octanol–water partition coefficient (Wildman–Crippen LogP) is 5.21. The standard InChI is InChI=1S/C26H21BrN4O6/c1-2-3-25-29-20-7-6-18(27)12-19(20)26(32)30(25)28-13-16-4-8-22(21(10-16)31(33)34)35-14-17-5-9-23-24(11-17)37-15-36-23/h4-13H,2-3,14-15H2,1H3. The topological polar surface area (TPSA) is 118 Å². The van der Waals surface area contributed by atoms with E-state index in [4.69, 9.17) is 14.2 Å². The summed E-state index contributed by atoms with van der Waals surface area (Å²) in [6.07, 6.45) is 2.72. The monoisotopic (exact) mass is 564 g/mol. The Labute approximate surface area is 219 Å². The van der Waals surface area contributed by atoms with Crippen LogP contribution in [-0.2, 0) is 13.0 Å². The van der Waals surface area contributed by atoms with Crippen molar-refractivity contribution in [3.05, 3.63) is 96.5 Å². The maximum Gasteiger partial charge on any atom is 0.311 e. The number of aryl methyl sites for hydroxylation is 1. The number of nitrogens with zero attached hydrogens (tertiary/aromatic N) is 4. The smallest absolute Gasteiger partial charge is 0.311 e. The zero-order valence-corrected chi connectivity index (χ0v) is 21.3. The van der Waals surface area contributed by atoms with Gasteiger partial charge >= 0.3 is 5.69 Å². The van der Waals surface area contributed by atoms with E-state index in [1.807, 2.05) is 19.1 Å². The van der Waals surface area contributed by atoms with Gasteiger partial charge < -0.3 is 14.2 Å². The minimum Gasteiger partial charge on any atom is -0.482 e. The number of halogens is 1. The van der Waals surface area contributed by atoms with E-state index >= 15 is 0 Å². The van der Waals surface area contributed by atoms with E-state index in [0.717, 1.165) is 16.5 Å². The SMILES string of the molecule is CCCc1nc2ccc(Br)cc2c(=O)n1N=Cc1ccc(OCc2ccc3c(c2)OCO3)c([N+](=O)[O-])c1. The number of rotatable bonds is 8. The van der Waals surface area contributed by atoms with E-state index in [-0.39, 0.29) is 30.4 Å². The second-order valence-electron chi connectivity index (χ2n) is 8.26. The number of fused-ring (bicyclic) bond motifs is 2. The second-order valence-corrected chi connectivity index (χ2v) is 9.18. The first-order valence-electron chi connectivity index (χ1n) is 11.5. The van der Waals surface area contributed by atoms with Crippen molar-refractivity contribution in [3.63, 3.8) is 0 Å². The van der Waals surface area contributed by atoms with E-state index in [2.05, 4.69) is 26.0 Å². The van der Waals surface area contributed by atoms with Crippen LogP contribution in [0.2, 0.25) is 0 Å². The number of ether oxygens (including phenoxy) is 3. The Morgan fingerprint density at radius 1 is 1.16 bits per heavy atom. The Kier molecular flexibility index (Phi) is 6.87. The summed E-state index contributed by atoms with van der Waals surface area (Å²) in [5.74, 6) is 1.88. The van der Waals surface area contributed by atoms with Gasteiger partial charge in [0.25, 0.3) is 5.56 Å². The molecular formula is C26H21BrN4O6. The van der Waals surface area contributed by atoms with Gasteiger partial charge in [-0.05, 0) is 54.4 Å². The summed E-state index contributed by atoms with van der Waals surface area (Å²) >= 11 is 3.38. The van der Waals surface area contributed by atoms with E-state index in [9.17, 15) is 14.9 Å². The summed E-state index contributed by atoms with van der Waals surface area (Å²) in [5.41, 5.74) is 1.27. The molecule has 0 atom stereocenters. The first kappa shape index (κ1) is 24.4. The number of aromatic nitrogens is 2. The van der Waals surface area contributed by atoms with Gasteiger partial charge in [-0.15, -0.1) is 0 Å². The van der Waals surface area contributed by atoms with Gasteiger partial charge in [0, 0.05) is 22.5 Å². The molecule has 0 saturated carbocycles. The zero-order valence-electron chi connectivity index (χ0n) is 19.7. The number of hydrogen-bond acceptors (Lipinski definition) is 8. The molecule has 0 spiro atoms. The average Bonchev–Trinajstić information content (AvgIpc) is 3.36. The lowest BCUT2D eigenvalue weighted by Crippen LogP contribution is -2.22. The van der Waals surface area contributed by atoms with Crippen molar-refractivity contribution in [2.24, 2.45) is 5.10 Å². The highest BCUT2D eigenvalue weighted by atomic mass is 79.9. The van der Waals surface area contributed by atoms with Crippen molar-refractivity contribution in [1.29, 1.82) is 0 Å². The van der Waals surface area contributed by atoms with Gasteiger partial charge in [0.2, 0.25) is 6.79 Å². The molecule has 0 amide bonds. The fourth-order valence-corrected chi connectivity index (χ4v) is 4.26. The van der Waals surface area contributed by atoms with Gasteiger partial charge in [0.15, 0.2) is 17.2 Å². The quantitative estimate of drug-likeness (QED) is 0.164. The molecule has 11 heteroatoms. The van der Waals surface area contributed by atoms with Gasteiger partial charge in [0.05, 0.1) is 22.0 Å². The molecule has 10 nitrogen and oxygen atoms in total. The molecule has 0 bridgehead atoms. The van der Waals surface area contributed by atoms with Crippen molar-refractivity contribution in [3.8, 4) is 17.2 Å². The summed E-state index contributed by atoms with van der Waals surface area (Å²) in [6.45, 7) is 2.25. The lowest BCUT2D eigenvalue weighted by Gasteiger charge is -2.09. The van der Waals surface area contributed by atoms with Crippen LogP contribution < -0.4 is 19.8 Å². The molecule has 3 aromatic carbocycles. The number of hydrogen-bond donors (Lipinski definition) is 0. The number of nitro benzene ring substituents is 1. The largest absolute Gasteiger partial charge is 0.482 e. The Morgan fingerprint density at radius 2 is 2.00 bits per heavy atom. The van der Waals surface area contributed by atoms with Crippen LogP contribution >= 0.6 is 15.9 Å². The molecule has 1 aromatic heterocycles. The van der Waals surface area contributed by atoms with Gasteiger partial charge in [-0.2, -0.15) is 9.78 Å². The fraction of sp³-hybridized carbons (Fsp3) is 0.192. The van der Waals surface area contributed by atoms with Crippen molar-refractivity contribution in [2.45, 2.75) is 26.4 Å². The van der Waals surface area contributed by atoms with Crippen LogP contribution in [-0.4, -0.2) is 27.6 Å². The van der Waals surface area contributed by atoms with Crippen molar-refractivity contribution < 1.29 is 19.1 Å². The molecule has 5 rings (SSSR count). The number of nitro groups is 1. The summed E-state index contributed by atoms with van der Waals surface area (Å²) in [4.78, 5) is 29.0. The summed E-state index contributed by atoms with van der Waals surface area (Å²) in [7, 11) is 0. The average molecular weight is 565 g/mol. The summed E-state index contributed by atoms with van der Waals surface area (Å²) in [6, 6.07) is 15.2. The Morgan fingerprint density at radius 3 is 2.81 bits per heavy atom. The molecule has 0 aliphatic carbocycles. The first-order chi connectivity index (χ1) is 17.9. The van der Waals surface area contributed by atoms with E-state index in [0.29, 0.717) is 40.2 Å². The lowest BCUT2D eigenvalue weighted by molar-refractivity contribution is -0.385. The van der Waals surface area contributed by atoms with E-state index in [1.54, 1.807) is 30.3 Å². The lowest BCUT2D eigenvalue weighted by atomic mass is 10.2. The molecule has 0 saturated heterocycles. The van der Waals surface area contributed by atoms with Crippen LogP contribution in [0.1, 0.15) is 30.3 Å². The molecule has 1 aliphatic heterocycles. The minimum absolute atomic E-state index is 0.110. The highest BCUT2D eigenvalue weighted by Crippen LogP contribution is 2.33. The number of benzene rings is 3. The van der Waals surface area contributed by atoms with Crippen molar-refractivity contribution >= 4 is 38.7 Å². The first-order valence-corrected chi connectivity index (χ1v) is 12.3. The Bertz CT molecular complexity index is 1600. The molecular weight excluding hydrogens is 544 g/mol. The van der Waals surface area contributed by atoms with Crippen molar-refractivity contribution in [1.82, 2.24) is 9.66 Å². The molecule has 188 valence electrons. The van der Waals surface area contributed by atoms with Crippen LogP contribution in [0.3, 0.4) is 0 Å². The van der Waals surface area contributed by atoms with E-state index in [1.165, 1.54) is 23.0 Å². The van der Waals surface area contributed by atoms with Crippen LogP contribution in [0.5, 0.6) is 17.2 Å². The third-order valence-electron chi connectivity index (χ3n) is 5.68. The molecule has 1 aliphatic rings. The molecule has 0 unspecified atom stereocenters. The van der Waals surface area contributed by atoms with Crippen molar-refractivity contribution in [2.75, 3.05) is 6.79 Å². The van der Waals surface area contributed by atoms with Gasteiger partial charge in [0.1, 0.15) is 12.4 Å². The molecule has 4 aromatic rings. The molecule has 2 heterocycles. The van der Waals surface area contributed by atoms with Crippen LogP contribution in [0, 0.1) is 10.1 Å². The maximum absolute atomic E-state index is 13.2. The van der Waals surface area contributed by atoms with Crippen LogP contribution in [0.4, 0.5) is 5.69 Å². The second kappa shape index (κ2) is 10.4. The normalized spacial score (nSPS) is 12.4. The van der Waals surface area contributed by atoms with Crippen LogP contribution in [0.25, 0.3) is 10.9 Å². The van der Waals surface area contributed by atoms with Gasteiger partial charge in [-0.1, -0.05) is 28.9 Å². The zero-order chi connectivity index (χ0) is 25.9. The highest BCUT2D eigenvalue weighted by molar-refractivity contribution is 9.10. The molecule has 0 fully saturated rings. The fourth-order valence-electron chi connectivity index (χ4n) is 3.89. The minimum atomic E-state index is -0.518. The predicted molar refractivity (Wildman–Crippen MR) is 141 cm³/mol. The van der Waals surface area contributed by atoms with Gasteiger partial charge in [-0.3, -0.25) is 14.9 Å². The summed E-state index contributed by atoms with van der Waals surface area (Å²) in [5, 5.41) is 16.5. The van der Waals surface area contributed by atoms with Gasteiger partial charge in [-0.25, -0.2) is 4.98 Å². The van der Waals surface area contributed by atoms with Crippen LogP contribution in [0.15, 0.2) is 69.0 Å². The molecule has 0 N–H and O–H groups in total. The Hall–Kier alpha value is -4.25. The Balaban J connectivity index is 1.42. The molecule has 0 radical (unpaired) electrons. The third kappa shape index (κ3) is 5.17. The maximum atomic E-state index is 13.2. The molecule has 37 heavy (non-hydrogen) atoms.